The summed E-state index contributed by atoms with van der Waals surface area (Å²) >= 11 is 0. The first-order valence-corrected chi connectivity index (χ1v) is 9.55. The number of benzene rings is 2. The minimum absolute atomic E-state index is 0.128. The molecule has 0 aliphatic carbocycles. The molecule has 2 aromatic carbocycles. The molecule has 0 atom stereocenters. The molecule has 0 fully saturated rings. The van der Waals surface area contributed by atoms with E-state index in [0.29, 0.717) is 29.1 Å². The van der Waals surface area contributed by atoms with E-state index in [1.807, 2.05) is 0 Å². The molecule has 3 aromatic rings. The van der Waals surface area contributed by atoms with Gasteiger partial charge in [-0.15, -0.1) is 0 Å². The summed E-state index contributed by atoms with van der Waals surface area (Å²) in [6, 6.07) is 11.8. The molecule has 7 nitrogen and oxygen atoms in total. The number of rotatable bonds is 6. The monoisotopic (exact) mass is 373 g/mol. The Bertz CT molecular complexity index is 1040. The number of carbonyl (C=O) groups excluding carboxylic acids is 1. The molecule has 2 N–H and O–H groups in total. The van der Waals surface area contributed by atoms with Crippen LogP contribution in [0.5, 0.6) is 0 Å². The van der Waals surface area contributed by atoms with Crippen LogP contribution in [0.15, 0.2) is 51.8 Å². The minimum Gasteiger partial charge on any atom is -0.441 e. The Hall–Kier alpha value is -2.71. The Morgan fingerprint density at radius 3 is 2.58 bits per heavy atom. The zero-order valence-electron chi connectivity index (χ0n) is 14.4. The van der Waals surface area contributed by atoms with Gasteiger partial charge in [0, 0.05) is 19.0 Å². The van der Waals surface area contributed by atoms with E-state index in [2.05, 4.69) is 15.0 Å². The van der Waals surface area contributed by atoms with Crippen LogP contribution in [0.25, 0.3) is 11.1 Å². The van der Waals surface area contributed by atoms with Crippen molar-refractivity contribution in [2.45, 2.75) is 24.7 Å². The molecular formula is C18H19N3O4S. The van der Waals surface area contributed by atoms with Crippen molar-refractivity contribution >= 4 is 32.7 Å². The highest BCUT2D eigenvalue weighted by atomic mass is 32.2. The van der Waals surface area contributed by atoms with E-state index in [1.54, 1.807) is 37.3 Å². The van der Waals surface area contributed by atoms with E-state index in [0.717, 1.165) is 5.56 Å². The van der Waals surface area contributed by atoms with E-state index < -0.39 is 10.0 Å². The number of fused-ring (bicyclic) bond motifs is 1. The summed E-state index contributed by atoms with van der Waals surface area (Å²) < 4.78 is 31.0. The van der Waals surface area contributed by atoms with E-state index in [9.17, 15) is 13.2 Å². The molecule has 0 saturated carbocycles. The Balaban J connectivity index is 1.59. The van der Waals surface area contributed by atoms with Gasteiger partial charge in [-0.3, -0.25) is 4.79 Å². The molecule has 26 heavy (non-hydrogen) atoms. The number of carbonyl (C=O) groups is 1. The van der Waals surface area contributed by atoms with Gasteiger partial charge in [0.2, 0.25) is 15.9 Å². The summed E-state index contributed by atoms with van der Waals surface area (Å²) in [6.07, 6.45) is 0.797. The van der Waals surface area contributed by atoms with Crippen molar-refractivity contribution in [3.05, 3.63) is 53.9 Å². The van der Waals surface area contributed by atoms with Gasteiger partial charge in [0.05, 0.1) is 4.90 Å². The number of aromatic nitrogens is 1. The zero-order valence-corrected chi connectivity index (χ0v) is 15.3. The predicted molar refractivity (Wildman–Crippen MR) is 98.4 cm³/mol. The molecule has 0 spiro atoms. The number of nitrogens with zero attached hydrogens (tertiary/aromatic N) is 1. The summed E-state index contributed by atoms with van der Waals surface area (Å²) in [4.78, 5) is 16.6. The number of aryl methyl sites for hydroxylation is 2. The van der Waals surface area contributed by atoms with Crippen LogP contribution < -0.4 is 10.0 Å². The number of nitrogens with one attached hydrogen (secondary N) is 2. The zero-order chi connectivity index (χ0) is 18.7. The number of amides is 1. The third kappa shape index (κ3) is 4.09. The second-order valence-electron chi connectivity index (χ2n) is 5.82. The van der Waals surface area contributed by atoms with Crippen LogP contribution in [0.4, 0.5) is 5.69 Å². The van der Waals surface area contributed by atoms with Crippen molar-refractivity contribution in [2.24, 2.45) is 0 Å². The number of sulfonamides is 1. The number of hydrogen-bond acceptors (Lipinski definition) is 5. The second-order valence-corrected chi connectivity index (χ2v) is 7.70. The van der Waals surface area contributed by atoms with Crippen LogP contribution in [0, 0.1) is 6.92 Å². The SMILES string of the molecule is CNS(=O)(=O)c1ccc(CCC(=O)Nc2ccc3oc(C)nc3c2)cc1. The molecule has 1 aromatic heterocycles. The fraction of sp³-hybridized carbons (Fsp3) is 0.222. The van der Waals surface area contributed by atoms with Crippen molar-refractivity contribution in [2.75, 3.05) is 12.4 Å². The van der Waals surface area contributed by atoms with E-state index >= 15 is 0 Å². The highest BCUT2D eigenvalue weighted by Gasteiger charge is 2.11. The van der Waals surface area contributed by atoms with Crippen molar-refractivity contribution in [3.8, 4) is 0 Å². The number of oxazole rings is 1. The Morgan fingerprint density at radius 1 is 1.15 bits per heavy atom. The van der Waals surface area contributed by atoms with E-state index in [1.165, 1.54) is 19.2 Å². The van der Waals surface area contributed by atoms with Gasteiger partial charge in [0.15, 0.2) is 11.5 Å². The van der Waals surface area contributed by atoms with Crippen LogP contribution in [0.3, 0.4) is 0 Å². The van der Waals surface area contributed by atoms with Crippen molar-refractivity contribution in [1.82, 2.24) is 9.71 Å². The lowest BCUT2D eigenvalue weighted by molar-refractivity contribution is -0.116. The average Bonchev–Trinajstić information content (AvgIpc) is 2.99. The third-order valence-corrected chi connectivity index (χ3v) is 5.35. The van der Waals surface area contributed by atoms with Crippen molar-refractivity contribution in [3.63, 3.8) is 0 Å². The Morgan fingerprint density at radius 2 is 1.88 bits per heavy atom. The molecule has 0 unspecified atom stereocenters. The van der Waals surface area contributed by atoms with Gasteiger partial charge >= 0.3 is 0 Å². The normalized spacial score (nSPS) is 11.6. The number of hydrogen-bond donors (Lipinski definition) is 2. The van der Waals surface area contributed by atoms with Crippen LogP contribution >= 0.6 is 0 Å². The Kier molecular flexibility index (Phi) is 5.06. The lowest BCUT2D eigenvalue weighted by atomic mass is 10.1. The van der Waals surface area contributed by atoms with Gasteiger partial charge < -0.3 is 9.73 Å². The number of anilines is 1. The maximum absolute atomic E-state index is 12.1. The van der Waals surface area contributed by atoms with Crippen LogP contribution in [0.1, 0.15) is 17.9 Å². The molecule has 0 bridgehead atoms. The van der Waals surface area contributed by atoms with Crippen LogP contribution in [-0.2, 0) is 21.2 Å². The molecule has 0 saturated heterocycles. The highest BCUT2D eigenvalue weighted by Crippen LogP contribution is 2.20. The highest BCUT2D eigenvalue weighted by molar-refractivity contribution is 7.89. The fourth-order valence-corrected chi connectivity index (χ4v) is 3.28. The lowest BCUT2D eigenvalue weighted by Crippen LogP contribution is -2.18. The molecular weight excluding hydrogens is 354 g/mol. The topological polar surface area (TPSA) is 101 Å². The lowest BCUT2D eigenvalue weighted by Gasteiger charge is -2.06. The summed E-state index contributed by atoms with van der Waals surface area (Å²) in [5.74, 6) is 0.448. The molecule has 136 valence electrons. The molecule has 3 rings (SSSR count). The molecule has 8 heteroatoms. The minimum atomic E-state index is -3.45. The fourth-order valence-electron chi connectivity index (χ4n) is 2.55. The summed E-state index contributed by atoms with van der Waals surface area (Å²) in [7, 11) is -2.08. The summed E-state index contributed by atoms with van der Waals surface area (Å²) in [6.45, 7) is 1.77. The molecule has 1 heterocycles. The van der Waals surface area contributed by atoms with Gasteiger partial charge in [0.1, 0.15) is 5.52 Å². The Labute approximate surface area is 151 Å². The van der Waals surface area contributed by atoms with Gasteiger partial charge in [0.25, 0.3) is 0 Å². The first-order valence-electron chi connectivity index (χ1n) is 8.07. The maximum atomic E-state index is 12.1. The second kappa shape index (κ2) is 7.27. The maximum Gasteiger partial charge on any atom is 0.240 e. The summed E-state index contributed by atoms with van der Waals surface area (Å²) in [5, 5.41) is 2.83. The van der Waals surface area contributed by atoms with Gasteiger partial charge in [-0.2, -0.15) is 0 Å². The van der Waals surface area contributed by atoms with E-state index in [4.69, 9.17) is 4.42 Å². The van der Waals surface area contributed by atoms with Crippen LogP contribution in [-0.4, -0.2) is 26.4 Å². The molecule has 0 radical (unpaired) electrons. The standard InChI is InChI=1S/C18H19N3O4S/c1-12-20-16-11-14(6-9-17(16)25-12)21-18(22)10-5-13-3-7-15(8-4-13)26(23,24)19-2/h3-4,6-9,11,19H,5,10H2,1-2H3,(H,21,22). The first kappa shape index (κ1) is 18.1. The van der Waals surface area contributed by atoms with Gasteiger partial charge in [-0.25, -0.2) is 18.1 Å². The average molecular weight is 373 g/mol. The van der Waals surface area contributed by atoms with E-state index in [-0.39, 0.29) is 17.2 Å². The van der Waals surface area contributed by atoms with Gasteiger partial charge in [-0.1, -0.05) is 12.1 Å². The van der Waals surface area contributed by atoms with Crippen molar-refractivity contribution in [1.29, 1.82) is 0 Å². The molecule has 1 amide bonds. The van der Waals surface area contributed by atoms with Gasteiger partial charge in [-0.05, 0) is 49.4 Å². The quantitative estimate of drug-likeness (QED) is 0.692. The van der Waals surface area contributed by atoms with Crippen LogP contribution in [0.2, 0.25) is 0 Å². The third-order valence-electron chi connectivity index (χ3n) is 3.92. The predicted octanol–water partition coefficient (Wildman–Crippen LogP) is 2.62. The first-order chi connectivity index (χ1) is 12.4. The summed E-state index contributed by atoms with van der Waals surface area (Å²) in [5.41, 5.74) is 2.92. The van der Waals surface area contributed by atoms with Crippen molar-refractivity contribution < 1.29 is 17.6 Å². The molecule has 0 aliphatic heterocycles. The molecule has 0 aliphatic rings. The largest absolute Gasteiger partial charge is 0.441 e. The smallest absolute Gasteiger partial charge is 0.240 e.